The van der Waals surface area contributed by atoms with Crippen molar-refractivity contribution in [1.82, 2.24) is 5.32 Å². The van der Waals surface area contributed by atoms with Gasteiger partial charge in [0, 0.05) is 6.04 Å². The summed E-state index contributed by atoms with van der Waals surface area (Å²) in [7, 11) is 0. The van der Waals surface area contributed by atoms with Crippen molar-refractivity contribution in [3.05, 3.63) is 35.4 Å². The smallest absolute Gasteiger partial charge is 0.239 e. The van der Waals surface area contributed by atoms with Gasteiger partial charge < -0.3 is 5.73 Å². The van der Waals surface area contributed by atoms with Gasteiger partial charge in [-0.1, -0.05) is 42.7 Å². The molecule has 1 fully saturated rings. The number of hydrogen-bond donors (Lipinski definition) is 2. The van der Waals surface area contributed by atoms with E-state index in [-0.39, 0.29) is 11.9 Å². The van der Waals surface area contributed by atoms with Gasteiger partial charge in [0.25, 0.3) is 0 Å². The molecule has 0 aliphatic heterocycles. The van der Waals surface area contributed by atoms with Crippen molar-refractivity contribution in [1.29, 1.82) is 0 Å². The third-order valence-corrected chi connectivity index (χ3v) is 3.42. The third kappa shape index (κ3) is 3.07. The highest BCUT2D eigenvalue weighted by Crippen LogP contribution is 2.22. The zero-order valence-corrected chi connectivity index (χ0v) is 10.3. The van der Waals surface area contributed by atoms with Gasteiger partial charge in [-0.15, -0.1) is 0 Å². The van der Waals surface area contributed by atoms with E-state index in [2.05, 4.69) is 5.32 Å². The Kier molecular flexibility index (Phi) is 3.79. The molecule has 0 spiro atoms. The van der Waals surface area contributed by atoms with Crippen molar-refractivity contribution in [2.24, 2.45) is 5.73 Å². The SMILES string of the molecule is Cc1cccc(C(NC2CCCC2)C(N)=O)c1. The first-order valence-electron chi connectivity index (χ1n) is 6.29. The van der Waals surface area contributed by atoms with Crippen molar-refractivity contribution < 1.29 is 4.79 Å². The van der Waals surface area contributed by atoms with E-state index in [0.717, 1.165) is 24.0 Å². The summed E-state index contributed by atoms with van der Waals surface area (Å²) in [5.41, 5.74) is 7.63. The van der Waals surface area contributed by atoms with Gasteiger partial charge in [0.2, 0.25) is 5.91 Å². The van der Waals surface area contributed by atoms with Crippen LogP contribution in [0.3, 0.4) is 0 Å². The van der Waals surface area contributed by atoms with E-state index in [9.17, 15) is 4.79 Å². The summed E-state index contributed by atoms with van der Waals surface area (Å²) < 4.78 is 0. The molecule has 2 rings (SSSR count). The van der Waals surface area contributed by atoms with Crippen LogP contribution in [0.2, 0.25) is 0 Å². The molecule has 0 bridgehead atoms. The van der Waals surface area contributed by atoms with Crippen LogP contribution in [0, 0.1) is 6.92 Å². The van der Waals surface area contributed by atoms with Crippen LogP contribution < -0.4 is 11.1 Å². The van der Waals surface area contributed by atoms with E-state index in [1.807, 2.05) is 31.2 Å². The quantitative estimate of drug-likeness (QED) is 0.834. The van der Waals surface area contributed by atoms with Crippen LogP contribution in [0.1, 0.15) is 42.9 Å². The van der Waals surface area contributed by atoms with Gasteiger partial charge in [-0.2, -0.15) is 0 Å². The summed E-state index contributed by atoms with van der Waals surface area (Å²) >= 11 is 0. The summed E-state index contributed by atoms with van der Waals surface area (Å²) in [6.07, 6.45) is 4.79. The zero-order valence-electron chi connectivity index (χ0n) is 10.3. The fourth-order valence-electron chi connectivity index (χ4n) is 2.52. The second-order valence-corrected chi connectivity index (χ2v) is 4.90. The first-order valence-corrected chi connectivity index (χ1v) is 6.29. The van der Waals surface area contributed by atoms with Crippen molar-refractivity contribution in [2.75, 3.05) is 0 Å². The van der Waals surface area contributed by atoms with E-state index >= 15 is 0 Å². The fourth-order valence-corrected chi connectivity index (χ4v) is 2.52. The molecule has 1 saturated carbocycles. The Balaban J connectivity index is 2.13. The van der Waals surface area contributed by atoms with Crippen LogP contribution in [-0.4, -0.2) is 11.9 Å². The molecule has 3 N–H and O–H groups in total. The summed E-state index contributed by atoms with van der Waals surface area (Å²) in [4.78, 5) is 11.6. The molecule has 3 nitrogen and oxygen atoms in total. The van der Waals surface area contributed by atoms with Crippen molar-refractivity contribution in [2.45, 2.75) is 44.7 Å². The number of benzene rings is 1. The predicted molar refractivity (Wildman–Crippen MR) is 68.5 cm³/mol. The minimum Gasteiger partial charge on any atom is -0.368 e. The maximum atomic E-state index is 11.6. The summed E-state index contributed by atoms with van der Waals surface area (Å²) in [5, 5.41) is 3.38. The number of aryl methyl sites for hydroxylation is 1. The standard InChI is InChI=1S/C14H20N2O/c1-10-5-4-6-11(9-10)13(14(15)17)16-12-7-2-3-8-12/h4-6,9,12-13,16H,2-3,7-8H2,1H3,(H2,15,17). The minimum absolute atomic E-state index is 0.289. The highest BCUT2D eigenvalue weighted by molar-refractivity contribution is 5.81. The van der Waals surface area contributed by atoms with Crippen LogP contribution in [0.4, 0.5) is 0 Å². The van der Waals surface area contributed by atoms with E-state index in [1.165, 1.54) is 12.8 Å². The molecule has 1 aliphatic rings. The number of primary amides is 1. The minimum atomic E-state index is -0.349. The van der Waals surface area contributed by atoms with Gasteiger partial charge in [-0.25, -0.2) is 0 Å². The summed E-state index contributed by atoms with van der Waals surface area (Å²) in [6, 6.07) is 8.07. The Morgan fingerprint density at radius 3 is 2.71 bits per heavy atom. The second kappa shape index (κ2) is 5.32. The summed E-state index contributed by atoms with van der Waals surface area (Å²) in [5.74, 6) is -0.289. The molecular weight excluding hydrogens is 212 g/mol. The molecule has 0 saturated heterocycles. The van der Waals surface area contributed by atoms with E-state index in [0.29, 0.717) is 6.04 Å². The van der Waals surface area contributed by atoms with E-state index in [4.69, 9.17) is 5.73 Å². The molecule has 1 atom stereocenters. The van der Waals surface area contributed by atoms with Crippen LogP contribution in [0.15, 0.2) is 24.3 Å². The largest absolute Gasteiger partial charge is 0.368 e. The van der Waals surface area contributed by atoms with Crippen LogP contribution >= 0.6 is 0 Å². The van der Waals surface area contributed by atoms with Gasteiger partial charge in [0.15, 0.2) is 0 Å². The van der Waals surface area contributed by atoms with Gasteiger partial charge in [0.05, 0.1) is 0 Å². The molecule has 1 unspecified atom stereocenters. The monoisotopic (exact) mass is 232 g/mol. The number of nitrogens with one attached hydrogen (secondary N) is 1. The fraction of sp³-hybridized carbons (Fsp3) is 0.500. The van der Waals surface area contributed by atoms with Crippen molar-refractivity contribution in [3.63, 3.8) is 0 Å². The molecule has 0 aromatic heterocycles. The van der Waals surface area contributed by atoms with Crippen molar-refractivity contribution >= 4 is 5.91 Å². The highest BCUT2D eigenvalue weighted by Gasteiger charge is 2.23. The molecule has 1 aliphatic carbocycles. The molecule has 1 amide bonds. The number of nitrogens with two attached hydrogens (primary N) is 1. The van der Waals surface area contributed by atoms with Crippen LogP contribution in [0.5, 0.6) is 0 Å². The Hall–Kier alpha value is -1.35. The molecule has 3 heteroatoms. The normalized spacial score (nSPS) is 18.2. The van der Waals surface area contributed by atoms with E-state index in [1.54, 1.807) is 0 Å². The maximum Gasteiger partial charge on any atom is 0.239 e. The molecule has 17 heavy (non-hydrogen) atoms. The Labute approximate surface area is 102 Å². The van der Waals surface area contributed by atoms with Gasteiger partial charge in [-0.3, -0.25) is 10.1 Å². The summed E-state index contributed by atoms with van der Waals surface area (Å²) in [6.45, 7) is 2.02. The predicted octanol–water partition coefficient (Wildman–Crippen LogP) is 2.05. The lowest BCUT2D eigenvalue weighted by Crippen LogP contribution is -2.38. The average Bonchev–Trinajstić information content (AvgIpc) is 2.78. The lowest BCUT2D eigenvalue weighted by molar-refractivity contribution is -0.120. The second-order valence-electron chi connectivity index (χ2n) is 4.90. The Bertz CT molecular complexity index is 397. The van der Waals surface area contributed by atoms with Crippen LogP contribution in [-0.2, 0) is 4.79 Å². The lowest BCUT2D eigenvalue weighted by atomic mass is 10.0. The number of rotatable bonds is 4. The molecule has 1 aromatic carbocycles. The van der Waals surface area contributed by atoms with Gasteiger partial charge in [-0.05, 0) is 25.3 Å². The molecule has 0 radical (unpaired) electrons. The van der Waals surface area contributed by atoms with Gasteiger partial charge >= 0.3 is 0 Å². The highest BCUT2D eigenvalue weighted by atomic mass is 16.1. The zero-order chi connectivity index (χ0) is 12.3. The molecular formula is C14H20N2O. The number of hydrogen-bond acceptors (Lipinski definition) is 2. The molecule has 92 valence electrons. The average molecular weight is 232 g/mol. The van der Waals surface area contributed by atoms with E-state index < -0.39 is 0 Å². The Morgan fingerprint density at radius 2 is 2.12 bits per heavy atom. The maximum absolute atomic E-state index is 11.6. The van der Waals surface area contributed by atoms with Crippen molar-refractivity contribution in [3.8, 4) is 0 Å². The lowest BCUT2D eigenvalue weighted by Gasteiger charge is -2.20. The Morgan fingerprint density at radius 1 is 1.41 bits per heavy atom. The van der Waals surface area contributed by atoms with Crippen LogP contribution in [0.25, 0.3) is 0 Å². The third-order valence-electron chi connectivity index (χ3n) is 3.42. The number of amides is 1. The number of carbonyl (C=O) groups excluding carboxylic acids is 1. The first-order chi connectivity index (χ1) is 8.16. The number of carbonyl (C=O) groups is 1. The molecule has 1 aromatic rings. The topological polar surface area (TPSA) is 55.1 Å². The molecule has 0 heterocycles. The van der Waals surface area contributed by atoms with Gasteiger partial charge in [0.1, 0.15) is 6.04 Å². The first kappa shape index (κ1) is 12.1.